The Kier molecular flexibility index (Phi) is 5.59. The van der Waals surface area contributed by atoms with Gasteiger partial charge < -0.3 is 15.2 Å². The van der Waals surface area contributed by atoms with E-state index in [1.54, 1.807) is 13.2 Å². The first-order valence-corrected chi connectivity index (χ1v) is 7.37. The van der Waals surface area contributed by atoms with E-state index in [4.69, 9.17) is 15.2 Å². The van der Waals surface area contributed by atoms with E-state index in [2.05, 4.69) is 15.9 Å². The molecule has 2 aromatic rings. The van der Waals surface area contributed by atoms with Crippen molar-refractivity contribution in [3.8, 4) is 11.5 Å². The lowest BCUT2D eigenvalue weighted by Crippen LogP contribution is -2.04. The van der Waals surface area contributed by atoms with Crippen molar-refractivity contribution in [2.24, 2.45) is 5.73 Å². The Bertz CT molecular complexity index is 619. The number of halogens is 2. The van der Waals surface area contributed by atoms with Gasteiger partial charge in [0.1, 0.15) is 12.4 Å². The molecular formula is C16H17BrFNO2. The van der Waals surface area contributed by atoms with Gasteiger partial charge in [0, 0.05) is 5.56 Å². The molecule has 5 heteroatoms. The molecule has 112 valence electrons. The number of rotatable bonds is 6. The Morgan fingerprint density at radius 1 is 1.19 bits per heavy atom. The first-order chi connectivity index (χ1) is 10.2. The van der Waals surface area contributed by atoms with Gasteiger partial charge in [-0.15, -0.1) is 0 Å². The van der Waals surface area contributed by atoms with Crippen molar-refractivity contribution < 1.29 is 13.9 Å². The lowest BCUT2D eigenvalue weighted by molar-refractivity contribution is 0.283. The summed E-state index contributed by atoms with van der Waals surface area (Å²) in [6.45, 7) is 0.821. The minimum atomic E-state index is -0.306. The van der Waals surface area contributed by atoms with Crippen LogP contribution in [0.2, 0.25) is 0 Å². The second-order valence-electron chi connectivity index (χ2n) is 4.53. The van der Waals surface area contributed by atoms with Gasteiger partial charge in [-0.3, -0.25) is 0 Å². The van der Waals surface area contributed by atoms with Crippen LogP contribution < -0.4 is 15.2 Å². The number of methoxy groups -OCH3 is 1. The maximum Gasteiger partial charge on any atom is 0.161 e. The van der Waals surface area contributed by atoms with E-state index < -0.39 is 0 Å². The molecule has 0 heterocycles. The van der Waals surface area contributed by atoms with Crippen molar-refractivity contribution in [3.63, 3.8) is 0 Å². The van der Waals surface area contributed by atoms with Crippen LogP contribution in [0, 0.1) is 5.82 Å². The van der Waals surface area contributed by atoms with Crippen LogP contribution in [0.15, 0.2) is 40.9 Å². The van der Waals surface area contributed by atoms with Crippen LogP contribution >= 0.6 is 15.9 Å². The Labute approximate surface area is 132 Å². The fourth-order valence-corrected chi connectivity index (χ4v) is 2.35. The highest BCUT2D eigenvalue weighted by Gasteiger charge is 2.09. The second-order valence-corrected chi connectivity index (χ2v) is 5.32. The second kappa shape index (κ2) is 7.43. The minimum absolute atomic E-state index is 0.251. The molecule has 21 heavy (non-hydrogen) atoms. The Hall–Kier alpha value is -1.59. The van der Waals surface area contributed by atoms with E-state index in [-0.39, 0.29) is 12.4 Å². The third-order valence-corrected chi connectivity index (χ3v) is 3.96. The topological polar surface area (TPSA) is 44.5 Å². The monoisotopic (exact) mass is 353 g/mol. The van der Waals surface area contributed by atoms with Gasteiger partial charge in [-0.2, -0.15) is 0 Å². The first kappa shape index (κ1) is 15.8. The molecule has 0 aliphatic carbocycles. The van der Waals surface area contributed by atoms with Crippen LogP contribution in [0.1, 0.15) is 11.1 Å². The largest absolute Gasteiger partial charge is 0.493 e. The zero-order valence-electron chi connectivity index (χ0n) is 11.7. The zero-order valence-corrected chi connectivity index (χ0v) is 13.3. The molecule has 0 radical (unpaired) electrons. The molecule has 0 saturated carbocycles. The summed E-state index contributed by atoms with van der Waals surface area (Å²) in [5, 5.41) is 0. The summed E-state index contributed by atoms with van der Waals surface area (Å²) in [6.07, 6.45) is 0.768. The molecule has 0 fully saturated rings. The smallest absolute Gasteiger partial charge is 0.161 e. The Balaban J connectivity index is 2.18. The highest BCUT2D eigenvalue weighted by molar-refractivity contribution is 9.10. The van der Waals surface area contributed by atoms with Gasteiger partial charge in [0.25, 0.3) is 0 Å². The van der Waals surface area contributed by atoms with E-state index in [1.807, 2.05) is 24.3 Å². The van der Waals surface area contributed by atoms with Crippen LogP contribution in [-0.2, 0) is 13.0 Å². The first-order valence-electron chi connectivity index (χ1n) is 6.58. The molecule has 3 nitrogen and oxygen atoms in total. The van der Waals surface area contributed by atoms with Gasteiger partial charge in [-0.05, 0) is 52.7 Å². The van der Waals surface area contributed by atoms with Gasteiger partial charge in [0.15, 0.2) is 11.5 Å². The van der Waals surface area contributed by atoms with E-state index >= 15 is 0 Å². The maximum absolute atomic E-state index is 13.5. The number of ether oxygens (including phenoxy) is 2. The van der Waals surface area contributed by atoms with Crippen LogP contribution in [0.5, 0.6) is 11.5 Å². The van der Waals surface area contributed by atoms with E-state index in [1.165, 1.54) is 6.07 Å². The predicted octanol–water partition coefficient (Wildman–Crippen LogP) is 3.68. The summed E-state index contributed by atoms with van der Waals surface area (Å²) < 4.78 is 24.9. The third kappa shape index (κ3) is 3.95. The highest BCUT2D eigenvalue weighted by Crippen LogP contribution is 2.30. The summed E-state index contributed by atoms with van der Waals surface area (Å²) in [6, 6.07) is 10.6. The van der Waals surface area contributed by atoms with Gasteiger partial charge in [0.2, 0.25) is 0 Å². The summed E-state index contributed by atoms with van der Waals surface area (Å²) in [4.78, 5) is 0. The standard InChI is InChI=1S/C16H17BrFNO2/c1-20-14-6-5-11(7-8-19)9-15(14)21-10-12-3-2-4-13(18)16(12)17/h2-6,9H,7-8,10,19H2,1H3. The Morgan fingerprint density at radius 3 is 2.71 bits per heavy atom. The van der Waals surface area contributed by atoms with E-state index in [0.29, 0.717) is 22.5 Å². The molecule has 0 atom stereocenters. The van der Waals surface area contributed by atoms with Crippen molar-refractivity contribution in [3.05, 3.63) is 57.8 Å². The average molecular weight is 354 g/mol. The fraction of sp³-hybridized carbons (Fsp3) is 0.250. The molecular weight excluding hydrogens is 337 g/mol. The molecule has 0 amide bonds. The molecule has 2 rings (SSSR count). The highest BCUT2D eigenvalue weighted by atomic mass is 79.9. The van der Waals surface area contributed by atoms with Crippen LogP contribution in [0.4, 0.5) is 4.39 Å². The molecule has 0 unspecified atom stereocenters. The number of benzene rings is 2. The van der Waals surface area contributed by atoms with Gasteiger partial charge >= 0.3 is 0 Å². The van der Waals surface area contributed by atoms with Gasteiger partial charge in [0.05, 0.1) is 11.6 Å². The van der Waals surface area contributed by atoms with E-state index in [9.17, 15) is 4.39 Å². The van der Waals surface area contributed by atoms with Gasteiger partial charge in [-0.25, -0.2) is 4.39 Å². The van der Waals surface area contributed by atoms with Crippen molar-refractivity contribution in [1.82, 2.24) is 0 Å². The number of hydrogen-bond acceptors (Lipinski definition) is 3. The summed E-state index contributed by atoms with van der Waals surface area (Å²) in [5.74, 6) is 0.961. The third-order valence-electron chi connectivity index (χ3n) is 3.08. The molecule has 0 aliphatic heterocycles. The molecule has 0 aliphatic rings. The van der Waals surface area contributed by atoms with Crippen molar-refractivity contribution in [1.29, 1.82) is 0 Å². The molecule has 0 aromatic heterocycles. The quantitative estimate of drug-likeness (QED) is 0.861. The molecule has 2 aromatic carbocycles. The number of nitrogens with two attached hydrogens (primary N) is 1. The van der Waals surface area contributed by atoms with Crippen LogP contribution in [-0.4, -0.2) is 13.7 Å². The van der Waals surface area contributed by atoms with Crippen molar-refractivity contribution in [2.45, 2.75) is 13.0 Å². The molecule has 0 saturated heterocycles. The normalized spacial score (nSPS) is 10.5. The van der Waals surface area contributed by atoms with Crippen molar-refractivity contribution >= 4 is 15.9 Å². The zero-order chi connectivity index (χ0) is 15.2. The van der Waals surface area contributed by atoms with Crippen LogP contribution in [0.25, 0.3) is 0 Å². The molecule has 0 spiro atoms. The average Bonchev–Trinajstić information content (AvgIpc) is 2.49. The maximum atomic E-state index is 13.5. The Morgan fingerprint density at radius 2 is 2.00 bits per heavy atom. The van der Waals surface area contributed by atoms with E-state index in [0.717, 1.165) is 17.5 Å². The molecule has 0 bridgehead atoms. The summed E-state index contributed by atoms with van der Waals surface area (Å²) in [7, 11) is 1.59. The fourth-order valence-electron chi connectivity index (χ4n) is 1.97. The number of hydrogen-bond donors (Lipinski definition) is 1. The van der Waals surface area contributed by atoms with Crippen LogP contribution in [0.3, 0.4) is 0 Å². The van der Waals surface area contributed by atoms with Gasteiger partial charge in [-0.1, -0.05) is 18.2 Å². The minimum Gasteiger partial charge on any atom is -0.493 e. The lowest BCUT2D eigenvalue weighted by atomic mass is 10.1. The summed E-state index contributed by atoms with van der Waals surface area (Å²) >= 11 is 3.23. The lowest BCUT2D eigenvalue weighted by Gasteiger charge is -2.13. The van der Waals surface area contributed by atoms with Crippen molar-refractivity contribution in [2.75, 3.05) is 13.7 Å². The SMILES string of the molecule is COc1ccc(CCN)cc1OCc1cccc(F)c1Br. The predicted molar refractivity (Wildman–Crippen MR) is 84.2 cm³/mol. The summed E-state index contributed by atoms with van der Waals surface area (Å²) in [5.41, 5.74) is 7.38. The molecule has 2 N–H and O–H groups in total.